The molecule has 0 bridgehead atoms. The summed E-state index contributed by atoms with van der Waals surface area (Å²) in [7, 11) is 3.82. The van der Waals surface area contributed by atoms with Crippen molar-refractivity contribution in [3.63, 3.8) is 0 Å². The van der Waals surface area contributed by atoms with E-state index in [9.17, 15) is 0 Å². The number of nitrogens with one attached hydrogen (secondary N) is 1. The maximum Gasteiger partial charge on any atom is 0.145 e. The van der Waals surface area contributed by atoms with Gasteiger partial charge in [0.05, 0.1) is 18.0 Å². The molecule has 6 rings (SSSR count). The lowest BCUT2D eigenvalue weighted by atomic mass is 10.1. The summed E-state index contributed by atoms with van der Waals surface area (Å²) in [6.45, 7) is 2.89. The molecule has 1 fully saturated rings. The molecule has 0 radical (unpaired) electrons. The maximum atomic E-state index is 6.54. The van der Waals surface area contributed by atoms with Crippen LogP contribution in [0.3, 0.4) is 0 Å². The number of hydrogen-bond acceptors (Lipinski definition) is 6. The van der Waals surface area contributed by atoms with E-state index in [1.54, 1.807) is 13.4 Å². The van der Waals surface area contributed by atoms with Crippen LogP contribution in [0.2, 0.25) is 0 Å². The van der Waals surface area contributed by atoms with Gasteiger partial charge in [-0.15, -0.1) is 0 Å². The Labute approximate surface area is 216 Å². The van der Waals surface area contributed by atoms with Crippen molar-refractivity contribution in [3.05, 3.63) is 84.8 Å². The van der Waals surface area contributed by atoms with Crippen LogP contribution in [0.15, 0.2) is 79.3 Å². The smallest absolute Gasteiger partial charge is 0.145 e. The monoisotopic (exact) mass is 493 g/mol. The first-order chi connectivity index (χ1) is 18.2. The van der Waals surface area contributed by atoms with Gasteiger partial charge in [0.1, 0.15) is 29.7 Å². The quantitative estimate of drug-likeness (QED) is 0.306. The Kier molecular flexibility index (Phi) is 6.37. The fourth-order valence-corrected chi connectivity index (χ4v) is 5.05. The van der Waals surface area contributed by atoms with Gasteiger partial charge in [0.15, 0.2) is 0 Å². The van der Waals surface area contributed by atoms with Crippen molar-refractivity contribution in [2.45, 2.75) is 25.5 Å². The third kappa shape index (κ3) is 4.95. The fraction of sp³-hybridized carbons (Fsp3) is 0.267. The molecule has 7 heteroatoms. The largest absolute Gasteiger partial charge is 0.497 e. The lowest BCUT2D eigenvalue weighted by molar-refractivity contribution is 0.115. The summed E-state index contributed by atoms with van der Waals surface area (Å²) < 4.78 is 14.4. The van der Waals surface area contributed by atoms with E-state index in [1.165, 1.54) is 16.5 Å². The predicted octanol–water partition coefficient (Wildman–Crippen LogP) is 5.86. The van der Waals surface area contributed by atoms with E-state index in [0.717, 1.165) is 66.4 Å². The first-order valence-corrected chi connectivity index (χ1v) is 12.7. The Morgan fingerprint density at radius 2 is 1.81 bits per heavy atom. The molecule has 1 N–H and O–H groups in total. The van der Waals surface area contributed by atoms with Crippen LogP contribution in [0.5, 0.6) is 11.5 Å². The minimum atomic E-state index is 0.153. The van der Waals surface area contributed by atoms with Crippen molar-refractivity contribution in [2.24, 2.45) is 0 Å². The van der Waals surface area contributed by atoms with E-state index in [0.29, 0.717) is 0 Å². The average Bonchev–Trinajstić information content (AvgIpc) is 3.32. The Morgan fingerprint density at radius 3 is 2.62 bits per heavy atom. The number of ether oxygens (including phenoxy) is 2. The van der Waals surface area contributed by atoms with Crippen molar-refractivity contribution in [1.29, 1.82) is 0 Å². The zero-order chi connectivity index (χ0) is 25.2. The summed E-state index contributed by atoms with van der Waals surface area (Å²) in [4.78, 5) is 11.5. The molecule has 188 valence electrons. The van der Waals surface area contributed by atoms with Crippen LogP contribution in [0.1, 0.15) is 18.4 Å². The molecular formula is C30H31N5O2. The summed E-state index contributed by atoms with van der Waals surface area (Å²) in [6.07, 6.45) is 5.85. The number of anilines is 2. The fourth-order valence-electron chi connectivity index (χ4n) is 5.05. The second-order valence-corrected chi connectivity index (χ2v) is 9.69. The van der Waals surface area contributed by atoms with Gasteiger partial charge in [-0.05, 0) is 49.7 Å². The third-order valence-corrected chi connectivity index (χ3v) is 7.10. The van der Waals surface area contributed by atoms with Gasteiger partial charge >= 0.3 is 0 Å². The standard InChI is InChI=1S/C30H31N5O2/c1-34-13-11-24(12-14-34)37-28-18-25(36-2)17-26-29(28)30(32-20-31-26)33-23-8-9-27-22(16-23)10-15-35(27)19-21-6-4-3-5-7-21/h3-10,15-18,20,24H,11-14,19H2,1-2H3,(H,31,32,33). The van der Waals surface area contributed by atoms with Crippen LogP contribution in [-0.4, -0.2) is 52.8 Å². The highest BCUT2D eigenvalue weighted by molar-refractivity contribution is 5.97. The molecular weight excluding hydrogens is 462 g/mol. The summed E-state index contributed by atoms with van der Waals surface area (Å²) in [5.41, 5.74) is 4.22. The minimum absolute atomic E-state index is 0.153. The number of nitrogens with zero attached hydrogens (tertiary/aromatic N) is 4. The molecule has 1 aliphatic heterocycles. The molecule has 2 aromatic heterocycles. The molecule has 5 aromatic rings. The number of fused-ring (bicyclic) bond motifs is 2. The molecule has 0 atom stereocenters. The second kappa shape index (κ2) is 10.1. The number of hydrogen-bond donors (Lipinski definition) is 1. The van der Waals surface area contributed by atoms with Gasteiger partial charge in [-0.2, -0.15) is 0 Å². The Hall–Kier alpha value is -4.10. The van der Waals surface area contributed by atoms with E-state index < -0.39 is 0 Å². The summed E-state index contributed by atoms with van der Waals surface area (Å²) >= 11 is 0. The van der Waals surface area contributed by atoms with Crippen molar-refractivity contribution >= 4 is 33.3 Å². The molecule has 0 saturated carbocycles. The molecule has 3 aromatic carbocycles. The number of methoxy groups -OCH3 is 1. The maximum absolute atomic E-state index is 6.54. The van der Waals surface area contributed by atoms with Crippen LogP contribution in [0.25, 0.3) is 21.8 Å². The van der Waals surface area contributed by atoms with Crippen molar-refractivity contribution in [3.8, 4) is 11.5 Å². The van der Waals surface area contributed by atoms with Gasteiger partial charge < -0.3 is 24.3 Å². The Morgan fingerprint density at radius 1 is 0.973 bits per heavy atom. The second-order valence-electron chi connectivity index (χ2n) is 9.69. The molecule has 0 spiro atoms. The van der Waals surface area contributed by atoms with Crippen molar-refractivity contribution < 1.29 is 9.47 Å². The first-order valence-electron chi connectivity index (χ1n) is 12.7. The predicted molar refractivity (Wildman–Crippen MR) is 148 cm³/mol. The van der Waals surface area contributed by atoms with Gasteiger partial charge in [-0.1, -0.05) is 30.3 Å². The van der Waals surface area contributed by atoms with E-state index in [-0.39, 0.29) is 6.10 Å². The number of rotatable bonds is 7. The molecule has 0 amide bonds. The molecule has 0 aliphatic carbocycles. The number of piperidine rings is 1. The molecule has 1 saturated heterocycles. The molecule has 7 nitrogen and oxygen atoms in total. The topological polar surface area (TPSA) is 64.4 Å². The van der Waals surface area contributed by atoms with Crippen molar-refractivity contribution in [1.82, 2.24) is 19.4 Å². The molecule has 1 aliphatic rings. The van der Waals surface area contributed by atoms with Crippen LogP contribution < -0.4 is 14.8 Å². The first kappa shape index (κ1) is 23.3. The highest BCUT2D eigenvalue weighted by Gasteiger charge is 2.21. The highest BCUT2D eigenvalue weighted by atomic mass is 16.5. The van der Waals surface area contributed by atoms with Gasteiger partial charge in [-0.3, -0.25) is 0 Å². The van der Waals surface area contributed by atoms with Gasteiger partial charge in [0.2, 0.25) is 0 Å². The summed E-state index contributed by atoms with van der Waals surface area (Å²) in [6, 6.07) is 23.0. The SMILES string of the molecule is COc1cc(OC2CCN(C)CC2)c2c(Nc3ccc4c(ccn4Cc4ccccc4)c3)ncnc2c1. The summed E-state index contributed by atoms with van der Waals surface area (Å²) in [5.74, 6) is 2.20. The van der Waals surface area contributed by atoms with E-state index in [4.69, 9.17) is 9.47 Å². The van der Waals surface area contributed by atoms with Crippen LogP contribution in [0, 0.1) is 0 Å². The van der Waals surface area contributed by atoms with E-state index in [2.05, 4.69) is 86.5 Å². The van der Waals surface area contributed by atoms with Crippen molar-refractivity contribution in [2.75, 3.05) is 32.6 Å². The van der Waals surface area contributed by atoms with Crippen LogP contribution >= 0.6 is 0 Å². The number of aromatic nitrogens is 3. The molecule has 37 heavy (non-hydrogen) atoms. The molecule has 0 unspecified atom stereocenters. The van der Waals surface area contributed by atoms with E-state index >= 15 is 0 Å². The Balaban J connectivity index is 1.31. The molecule has 3 heterocycles. The highest BCUT2D eigenvalue weighted by Crippen LogP contribution is 2.37. The van der Waals surface area contributed by atoms with Crippen LogP contribution in [0.4, 0.5) is 11.5 Å². The lowest BCUT2D eigenvalue weighted by Gasteiger charge is -2.29. The summed E-state index contributed by atoms with van der Waals surface area (Å²) in [5, 5.41) is 5.57. The van der Waals surface area contributed by atoms with Crippen LogP contribution in [-0.2, 0) is 6.54 Å². The van der Waals surface area contributed by atoms with E-state index in [1.807, 2.05) is 18.2 Å². The zero-order valence-electron chi connectivity index (χ0n) is 21.2. The lowest BCUT2D eigenvalue weighted by Crippen LogP contribution is -2.35. The average molecular weight is 494 g/mol. The number of likely N-dealkylation sites (tertiary alicyclic amines) is 1. The zero-order valence-corrected chi connectivity index (χ0v) is 21.2. The van der Waals surface area contributed by atoms with Gasteiger partial charge in [-0.25, -0.2) is 9.97 Å². The minimum Gasteiger partial charge on any atom is -0.497 e. The third-order valence-electron chi connectivity index (χ3n) is 7.10. The van der Waals surface area contributed by atoms with Gasteiger partial charge in [0.25, 0.3) is 0 Å². The van der Waals surface area contributed by atoms with Gasteiger partial charge in [0, 0.05) is 54.6 Å². The Bertz CT molecular complexity index is 1520. The normalized spacial score (nSPS) is 14.8. The number of benzene rings is 3.